The quantitative estimate of drug-likeness (QED) is 0.430. The van der Waals surface area contributed by atoms with E-state index >= 15 is 0 Å². The zero-order valence-electron chi connectivity index (χ0n) is 15.7. The Morgan fingerprint density at radius 2 is 2.22 bits per heavy atom. The number of hydrogen-bond acceptors (Lipinski definition) is 7. The van der Waals surface area contributed by atoms with Crippen molar-refractivity contribution < 1.29 is 14.3 Å². The monoisotopic (exact) mass is 408 g/mol. The summed E-state index contributed by atoms with van der Waals surface area (Å²) in [6, 6.07) is 0. The molecule has 1 fully saturated rings. The maximum atomic E-state index is 13.4. The van der Waals surface area contributed by atoms with Crippen LogP contribution in [0.2, 0.25) is 0 Å². The molecule has 146 valence electrons. The number of thiophene rings is 1. The number of methoxy groups -OCH3 is 1. The van der Waals surface area contributed by atoms with Gasteiger partial charge in [0.25, 0.3) is 5.56 Å². The molecule has 0 N–H and O–H groups in total. The van der Waals surface area contributed by atoms with Crippen molar-refractivity contribution in [2.24, 2.45) is 0 Å². The van der Waals surface area contributed by atoms with Crippen molar-refractivity contribution in [1.82, 2.24) is 9.55 Å². The Hall–Kier alpha value is -1.38. The Morgan fingerprint density at radius 1 is 1.41 bits per heavy atom. The van der Waals surface area contributed by atoms with Crippen LogP contribution in [0.5, 0.6) is 0 Å². The molecule has 1 aliphatic heterocycles. The topological polar surface area (TPSA) is 70.4 Å². The van der Waals surface area contributed by atoms with Crippen LogP contribution in [0.3, 0.4) is 0 Å². The molecule has 0 unspecified atom stereocenters. The SMILES string of the molecule is COC(=O)[C@@H](C)Sc1nc2sc3c(c2c(=O)n1C[C@@H]1CCCO1)CCCC3. The first-order valence-corrected chi connectivity index (χ1v) is 11.2. The van der Waals surface area contributed by atoms with E-state index < -0.39 is 5.25 Å². The van der Waals surface area contributed by atoms with Crippen molar-refractivity contribution in [3.63, 3.8) is 0 Å². The van der Waals surface area contributed by atoms with E-state index in [-0.39, 0.29) is 17.6 Å². The third kappa shape index (κ3) is 3.67. The van der Waals surface area contributed by atoms with Crippen LogP contribution in [0.25, 0.3) is 10.2 Å². The number of hydrogen-bond donors (Lipinski definition) is 0. The summed E-state index contributed by atoms with van der Waals surface area (Å²) in [5.41, 5.74) is 1.20. The number of ether oxygens (including phenoxy) is 2. The van der Waals surface area contributed by atoms with Crippen LogP contribution in [0.4, 0.5) is 0 Å². The number of aryl methyl sites for hydroxylation is 2. The van der Waals surface area contributed by atoms with E-state index in [1.807, 2.05) is 0 Å². The van der Waals surface area contributed by atoms with Crippen LogP contribution in [0.1, 0.15) is 43.0 Å². The number of thioether (sulfide) groups is 1. The Labute approximate surface area is 166 Å². The van der Waals surface area contributed by atoms with Crippen molar-refractivity contribution >= 4 is 39.3 Å². The van der Waals surface area contributed by atoms with Gasteiger partial charge in [0, 0.05) is 11.5 Å². The number of rotatable bonds is 5. The third-order valence-electron chi connectivity index (χ3n) is 5.27. The Balaban J connectivity index is 1.80. The highest BCUT2D eigenvalue weighted by Crippen LogP contribution is 2.35. The molecule has 2 aromatic rings. The van der Waals surface area contributed by atoms with Gasteiger partial charge < -0.3 is 9.47 Å². The fourth-order valence-corrected chi connectivity index (χ4v) is 6.08. The van der Waals surface area contributed by atoms with Crippen LogP contribution >= 0.6 is 23.1 Å². The third-order valence-corrected chi connectivity index (χ3v) is 7.52. The summed E-state index contributed by atoms with van der Waals surface area (Å²) in [5.74, 6) is -0.316. The molecule has 2 aliphatic rings. The zero-order chi connectivity index (χ0) is 19.0. The summed E-state index contributed by atoms with van der Waals surface area (Å²) in [6.45, 7) is 3.01. The molecule has 3 heterocycles. The van der Waals surface area contributed by atoms with Gasteiger partial charge in [-0.2, -0.15) is 0 Å². The molecule has 4 rings (SSSR count). The predicted molar refractivity (Wildman–Crippen MR) is 107 cm³/mol. The predicted octanol–water partition coefficient (Wildman–Crippen LogP) is 3.17. The molecule has 1 saturated heterocycles. The van der Waals surface area contributed by atoms with E-state index in [1.165, 1.54) is 35.7 Å². The second-order valence-electron chi connectivity index (χ2n) is 7.12. The Morgan fingerprint density at radius 3 is 2.96 bits per heavy atom. The number of esters is 1. The highest BCUT2D eigenvalue weighted by molar-refractivity contribution is 8.00. The smallest absolute Gasteiger partial charge is 0.318 e. The van der Waals surface area contributed by atoms with Crippen LogP contribution < -0.4 is 5.56 Å². The summed E-state index contributed by atoms with van der Waals surface area (Å²) in [6.07, 6.45) is 6.28. The van der Waals surface area contributed by atoms with Gasteiger partial charge in [-0.05, 0) is 51.0 Å². The lowest BCUT2D eigenvalue weighted by Crippen LogP contribution is -2.30. The maximum absolute atomic E-state index is 13.4. The number of aromatic nitrogens is 2. The van der Waals surface area contributed by atoms with Crippen LogP contribution in [-0.4, -0.2) is 40.6 Å². The molecule has 6 nitrogen and oxygen atoms in total. The van der Waals surface area contributed by atoms with Gasteiger partial charge in [0.05, 0.1) is 25.1 Å². The standard InChI is InChI=1S/C19H24N2O4S2/c1-11(18(23)24-2)26-19-20-16-15(13-7-3-4-8-14(13)27-16)17(22)21(19)10-12-6-5-9-25-12/h11-12H,3-10H2,1-2H3/t11-,12+/m1/s1. The molecule has 2 atom stereocenters. The minimum absolute atomic E-state index is 0.00876. The summed E-state index contributed by atoms with van der Waals surface area (Å²) < 4.78 is 12.3. The number of carbonyl (C=O) groups is 1. The van der Waals surface area contributed by atoms with E-state index in [0.717, 1.165) is 48.9 Å². The molecule has 0 radical (unpaired) electrons. The summed E-state index contributed by atoms with van der Waals surface area (Å²) in [5, 5.41) is 0.937. The van der Waals surface area contributed by atoms with Gasteiger partial charge in [-0.25, -0.2) is 4.98 Å². The molecule has 1 aliphatic carbocycles. The van der Waals surface area contributed by atoms with E-state index in [9.17, 15) is 9.59 Å². The van der Waals surface area contributed by atoms with Gasteiger partial charge in [-0.3, -0.25) is 14.2 Å². The van der Waals surface area contributed by atoms with Gasteiger partial charge in [-0.15, -0.1) is 11.3 Å². The van der Waals surface area contributed by atoms with Gasteiger partial charge in [0.2, 0.25) is 0 Å². The van der Waals surface area contributed by atoms with Crippen LogP contribution in [0.15, 0.2) is 9.95 Å². The molecule has 27 heavy (non-hydrogen) atoms. The highest BCUT2D eigenvalue weighted by Gasteiger charge is 2.26. The molecule has 0 saturated carbocycles. The van der Waals surface area contributed by atoms with Crippen molar-refractivity contribution in [2.45, 2.75) is 68.5 Å². The molecular formula is C19H24N2O4S2. The summed E-state index contributed by atoms with van der Waals surface area (Å²) in [7, 11) is 1.38. The molecule has 8 heteroatoms. The van der Waals surface area contributed by atoms with Crippen molar-refractivity contribution in [3.8, 4) is 0 Å². The maximum Gasteiger partial charge on any atom is 0.318 e. The lowest BCUT2D eigenvalue weighted by atomic mass is 9.97. The van der Waals surface area contributed by atoms with Crippen molar-refractivity contribution in [2.75, 3.05) is 13.7 Å². The molecule has 0 spiro atoms. The average molecular weight is 409 g/mol. The highest BCUT2D eigenvalue weighted by atomic mass is 32.2. The van der Waals surface area contributed by atoms with E-state index in [1.54, 1.807) is 22.8 Å². The molecule has 0 aromatic carbocycles. The minimum Gasteiger partial charge on any atom is -0.468 e. The van der Waals surface area contributed by atoms with Gasteiger partial charge in [0.1, 0.15) is 10.1 Å². The number of fused-ring (bicyclic) bond motifs is 3. The summed E-state index contributed by atoms with van der Waals surface area (Å²) >= 11 is 2.93. The van der Waals surface area contributed by atoms with Crippen LogP contribution in [-0.2, 0) is 33.7 Å². The molecule has 0 amide bonds. The van der Waals surface area contributed by atoms with E-state index in [4.69, 9.17) is 14.5 Å². The largest absolute Gasteiger partial charge is 0.468 e. The molecule has 0 bridgehead atoms. The lowest BCUT2D eigenvalue weighted by molar-refractivity contribution is -0.139. The first-order chi connectivity index (χ1) is 13.1. The fraction of sp³-hybridized carbons (Fsp3) is 0.632. The van der Waals surface area contributed by atoms with Crippen molar-refractivity contribution in [1.29, 1.82) is 0 Å². The van der Waals surface area contributed by atoms with Crippen molar-refractivity contribution in [3.05, 3.63) is 20.8 Å². The Bertz CT molecular complexity index is 915. The zero-order valence-corrected chi connectivity index (χ0v) is 17.3. The summed E-state index contributed by atoms with van der Waals surface area (Å²) in [4.78, 5) is 32.3. The minimum atomic E-state index is -0.426. The first kappa shape index (κ1) is 19.0. The van der Waals surface area contributed by atoms with Gasteiger partial charge >= 0.3 is 5.97 Å². The first-order valence-electron chi connectivity index (χ1n) is 9.49. The normalized spacial score (nSPS) is 20.6. The van der Waals surface area contributed by atoms with E-state index in [0.29, 0.717) is 11.7 Å². The lowest BCUT2D eigenvalue weighted by Gasteiger charge is -2.17. The van der Waals surface area contributed by atoms with Crippen LogP contribution in [0, 0.1) is 0 Å². The average Bonchev–Trinajstić information content (AvgIpc) is 3.31. The van der Waals surface area contributed by atoms with Gasteiger partial charge in [-0.1, -0.05) is 11.8 Å². The number of nitrogens with zero attached hydrogens (tertiary/aromatic N) is 2. The molecule has 2 aromatic heterocycles. The van der Waals surface area contributed by atoms with E-state index in [2.05, 4.69) is 0 Å². The van der Waals surface area contributed by atoms with Gasteiger partial charge in [0.15, 0.2) is 5.16 Å². The molecular weight excluding hydrogens is 384 g/mol. The number of carbonyl (C=O) groups excluding carboxylic acids is 1. The second kappa shape index (κ2) is 7.93. The fourth-order valence-electron chi connectivity index (χ4n) is 3.83. The Kier molecular flexibility index (Phi) is 5.57. The second-order valence-corrected chi connectivity index (χ2v) is 9.51.